The minimum atomic E-state index is 0.0708. The van der Waals surface area contributed by atoms with Crippen LogP contribution in [0.1, 0.15) is 16.8 Å². The standard InChI is InChI=1S/C15H16N2O3S2/c18-14(9-1-2-10-12(7-9)20-15(21)16-10)17-4-6-22-13-8-19-5-3-11(13)17/h1-2,7,11,13H,3-6,8H2,(H,16,21). The third kappa shape index (κ3) is 2.47. The van der Waals surface area contributed by atoms with Gasteiger partial charge in [0.1, 0.15) is 0 Å². The van der Waals surface area contributed by atoms with E-state index in [-0.39, 0.29) is 11.9 Å². The second-order valence-corrected chi connectivity index (χ2v) is 7.28. The third-order valence-electron chi connectivity index (χ3n) is 4.26. The van der Waals surface area contributed by atoms with Gasteiger partial charge in [0.2, 0.25) is 0 Å². The molecule has 2 aliphatic rings. The van der Waals surface area contributed by atoms with Crippen LogP contribution in [0.15, 0.2) is 22.6 Å². The van der Waals surface area contributed by atoms with Crippen molar-refractivity contribution in [2.45, 2.75) is 17.7 Å². The fourth-order valence-electron chi connectivity index (χ4n) is 3.18. The number of hydrogen-bond acceptors (Lipinski definition) is 5. The summed E-state index contributed by atoms with van der Waals surface area (Å²) in [6.07, 6.45) is 0.913. The maximum Gasteiger partial charge on any atom is 0.266 e. The number of H-pyrrole nitrogens is 1. The quantitative estimate of drug-likeness (QED) is 0.812. The third-order valence-corrected chi connectivity index (χ3v) is 5.74. The second-order valence-electron chi connectivity index (χ2n) is 5.56. The number of amides is 1. The molecule has 2 saturated heterocycles. The molecule has 2 unspecified atom stereocenters. The lowest BCUT2D eigenvalue weighted by atomic mass is 10.0. The van der Waals surface area contributed by atoms with Crippen LogP contribution in [-0.4, -0.2) is 52.6 Å². The molecule has 0 aliphatic carbocycles. The lowest BCUT2D eigenvalue weighted by molar-refractivity contribution is 0.0319. The van der Waals surface area contributed by atoms with Crippen LogP contribution in [0.4, 0.5) is 0 Å². The zero-order valence-electron chi connectivity index (χ0n) is 11.9. The molecule has 0 saturated carbocycles. The Kier molecular flexibility index (Phi) is 3.71. The van der Waals surface area contributed by atoms with Crippen LogP contribution in [0.2, 0.25) is 0 Å². The van der Waals surface area contributed by atoms with E-state index in [0.29, 0.717) is 21.2 Å². The monoisotopic (exact) mass is 336 g/mol. The van der Waals surface area contributed by atoms with Gasteiger partial charge in [-0.2, -0.15) is 11.8 Å². The number of nitrogens with zero attached hydrogens (tertiary/aromatic N) is 1. The largest absolute Gasteiger partial charge is 0.429 e. The Morgan fingerprint density at radius 2 is 2.36 bits per heavy atom. The fraction of sp³-hybridized carbons (Fsp3) is 0.467. The van der Waals surface area contributed by atoms with Gasteiger partial charge in [0.25, 0.3) is 10.7 Å². The van der Waals surface area contributed by atoms with Gasteiger partial charge in [-0.25, -0.2) is 0 Å². The van der Waals surface area contributed by atoms with E-state index in [9.17, 15) is 4.79 Å². The molecule has 116 valence electrons. The lowest BCUT2D eigenvalue weighted by Crippen LogP contribution is -2.54. The zero-order valence-corrected chi connectivity index (χ0v) is 13.5. The number of ether oxygens (including phenoxy) is 1. The highest BCUT2D eigenvalue weighted by Crippen LogP contribution is 2.31. The molecule has 1 aromatic carbocycles. The van der Waals surface area contributed by atoms with Gasteiger partial charge in [-0.3, -0.25) is 4.79 Å². The van der Waals surface area contributed by atoms with Crippen molar-refractivity contribution in [2.24, 2.45) is 0 Å². The van der Waals surface area contributed by atoms with Crippen molar-refractivity contribution in [2.75, 3.05) is 25.5 Å². The van der Waals surface area contributed by atoms with Crippen molar-refractivity contribution < 1.29 is 13.9 Å². The van der Waals surface area contributed by atoms with Gasteiger partial charge in [0.05, 0.1) is 12.1 Å². The Bertz CT molecular complexity index is 767. The van der Waals surface area contributed by atoms with Crippen molar-refractivity contribution >= 4 is 41.0 Å². The van der Waals surface area contributed by atoms with Crippen molar-refractivity contribution in [3.63, 3.8) is 0 Å². The van der Waals surface area contributed by atoms with Gasteiger partial charge in [-0.15, -0.1) is 0 Å². The van der Waals surface area contributed by atoms with Gasteiger partial charge in [0, 0.05) is 35.8 Å². The van der Waals surface area contributed by atoms with E-state index in [1.165, 1.54) is 0 Å². The first kappa shape index (κ1) is 14.3. The van der Waals surface area contributed by atoms with E-state index in [2.05, 4.69) is 4.98 Å². The molecule has 2 aliphatic heterocycles. The van der Waals surface area contributed by atoms with Crippen LogP contribution in [0, 0.1) is 4.84 Å². The number of aromatic nitrogens is 1. The van der Waals surface area contributed by atoms with Crippen LogP contribution in [-0.2, 0) is 4.74 Å². The molecule has 2 aromatic rings. The zero-order chi connectivity index (χ0) is 15.1. The summed E-state index contributed by atoms with van der Waals surface area (Å²) < 4.78 is 11.0. The molecule has 1 aromatic heterocycles. The highest BCUT2D eigenvalue weighted by atomic mass is 32.2. The Morgan fingerprint density at radius 3 is 3.27 bits per heavy atom. The van der Waals surface area contributed by atoms with E-state index >= 15 is 0 Å². The first-order valence-electron chi connectivity index (χ1n) is 7.35. The highest BCUT2D eigenvalue weighted by Gasteiger charge is 2.37. The average molecular weight is 336 g/mol. The maximum atomic E-state index is 12.9. The number of oxazole rings is 1. The first-order valence-corrected chi connectivity index (χ1v) is 8.81. The van der Waals surface area contributed by atoms with Gasteiger partial charge in [-0.1, -0.05) is 0 Å². The predicted octanol–water partition coefficient (Wildman–Crippen LogP) is 2.84. The van der Waals surface area contributed by atoms with E-state index < -0.39 is 0 Å². The number of nitrogens with one attached hydrogen (secondary N) is 1. The first-order chi connectivity index (χ1) is 10.7. The van der Waals surface area contributed by atoms with Crippen LogP contribution < -0.4 is 0 Å². The van der Waals surface area contributed by atoms with E-state index in [1.54, 1.807) is 6.07 Å². The normalized spacial score (nSPS) is 25.2. The number of rotatable bonds is 1. The molecule has 1 amide bonds. The number of fused-ring (bicyclic) bond motifs is 2. The van der Waals surface area contributed by atoms with E-state index in [4.69, 9.17) is 21.4 Å². The summed E-state index contributed by atoms with van der Waals surface area (Å²) in [5.74, 6) is 1.03. The number of thioether (sulfide) groups is 1. The molecule has 0 spiro atoms. The molecule has 1 N–H and O–H groups in total. The molecule has 3 heterocycles. The molecule has 5 nitrogen and oxygen atoms in total. The predicted molar refractivity (Wildman–Crippen MR) is 87.9 cm³/mol. The van der Waals surface area contributed by atoms with Gasteiger partial charge in [-0.05, 0) is 36.8 Å². The van der Waals surface area contributed by atoms with Gasteiger partial charge in [0.15, 0.2) is 5.58 Å². The summed E-state index contributed by atoms with van der Waals surface area (Å²) in [6.45, 7) is 2.26. The molecule has 0 bridgehead atoms. The van der Waals surface area contributed by atoms with Crippen LogP contribution >= 0.6 is 24.0 Å². The molecule has 7 heteroatoms. The maximum absolute atomic E-state index is 12.9. The highest BCUT2D eigenvalue weighted by molar-refractivity contribution is 8.00. The average Bonchev–Trinajstić information content (AvgIpc) is 2.92. The molecule has 2 atom stereocenters. The minimum absolute atomic E-state index is 0.0708. The van der Waals surface area contributed by atoms with Crippen LogP contribution in [0.3, 0.4) is 0 Å². The second kappa shape index (κ2) is 5.72. The summed E-state index contributed by atoms with van der Waals surface area (Å²) in [5.41, 5.74) is 2.10. The molecule has 22 heavy (non-hydrogen) atoms. The summed E-state index contributed by atoms with van der Waals surface area (Å²) in [6, 6.07) is 5.73. The summed E-state index contributed by atoms with van der Waals surface area (Å²) >= 11 is 6.90. The molecule has 4 rings (SSSR count). The lowest BCUT2D eigenvalue weighted by Gasteiger charge is -2.43. The minimum Gasteiger partial charge on any atom is -0.429 e. The Hall–Kier alpha value is -1.31. The van der Waals surface area contributed by atoms with Gasteiger partial charge < -0.3 is 19.0 Å². The van der Waals surface area contributed by atoms with Crippen molar-refractivity contribution in [1.82, 2.24) is 9.88 Å². The topological polar surface area (TPSA) is 58.5 Å². The van der Waals surface area contributed by atoms with E-state index in [0.717, 1.165) is 37.4 Å². The molecule has 0 radical (unpaired) electrons. The number of carbonyl (C=O) groups is 1. The van der Waals surface area contributed by atoms with Crippen LogP contribution in [0.5, 0.6) is 0 Å². The summed E-state index contributed by atoms with van der Waals surface area (Å²) in [4.78, 5) is 18.2. The van der Waals surface area contributed by atoms with Gasteiger partial charge >= 0.3 is 0 Å². The molecular formula is C15H16N2O3S2. The Morgan fingerprint density at radius 1 is 1.45 bits per heavy atom. The summed E-state index contributed by atoms with van der Waals surface area (Å²) in [7, 11) is 0. The number of aromatic amines is 1. The van der Waals surface area contributed by atoms with Crippen molar-refractivity contribution in [1.29, 1.82) is 0 Å². The molecule has 2 fully saturated rings. The number of benzene rings is 1. The smallest absolute Gasteiger partial charge is 0.266 e. The van der Waals surface area contributed by atoms with Crippen molar-refractivity contribution in [3.05, 3.63) is 28.6 Å². The Labute approximate surface area is 137 Å². The molecular weight excluding hydrogens is 320 g/mol. The summed E-state index contributed by atoms with van der Waals surface area (Å²) in [5, 5.41) is 0.395. The van der Waals surface area contributed by atoms with Crippen molar-refractivity contribution in [3.8, 4) is 0 Å². The van der Waals surface area contributed by atoms with E-state index in [1.807, 2.05) is 28.8 Å². The fourth-order valence-corrected chi connectivity index (χ4v) is 4.68. The Balaban J connectivity index is 1.64. The number of carbonyl (C=O) groups excluding carboxylic acids is 1. The van der Waals surface area contributed by atoms with Crippen LogP contribution in [0.25, 0.3) is 11.1 Å². The SMILES string of the molecule is O=C(c1ccc2[nH]c(=S)oc2c1)N1CCSC2COCCC21. The number of hydrogen-bond donors (Lipinski definition) is 1.